The van der Waals surface area contributed by atoms with Crippen molar-refractivity contribution < 1.29 is 100.0 Å². The van der Waals surface area contributed by atoms with Crippen molar-refractivity contribution in [3.8, 4) is 0 Å². The number of hydrogen-bond donors (Lipinski definition) is 1. The number of aliphatic carboxylic acids is 2. The zero-order valence-electron chi connectivity index (χ0n) is 34.7. The molecular weight excluding hydrogens is 696 g/mol. The monoisotopic (exact) mass is 762 g/mol. The molecule has 1 aromatic rings. The number of carbonyl (C=O) groups is 8. The van der Waals surface area contributed by atoms with Gasteiger partial charge in [0.2, 0.25) is 5.91 Å². The number of carboxylic acid groups (broad SMARTS) is 2. The Morgan fingerprint density at radius 3 is 1.23 bits per heavy atom. The van der Waals surface area contributed by atoms with E-state index in [1.165, 1.54) is 27.7 Å². The average molecular weight is 763 g/mol. The third-order valence-electron chi connectivity index (χ3n) is 6.85. The number of hydrogen-bond acceptors (Lipinski definition) is 10. The number of ketones is 5. The van der Waals surface area contributed by atoms with Crippen molar-refractivity contribution in [3.63, 3.8) is 0 Å². The van der Waals surface area contributed by atoms with Crippen LogP contribution in [0.25, 0.3) is 0 Å². The molecule has 0 saturated carbocycles. The van der Waals surface area contributed by atoms with Crippen LogP contribution in [0.15, 0.2) is 18.7 Å². The van der Waals surface area contributed by atoms with Gasteiger partial charge in [-0.1, -0.05) is 81.6 Å². The largest absolute Gasteiger partial charge is 1.00 e. The van der Waals surface area contributed by atoms with Gasteiger partial charge < -0.3 is 15.0 Å². The Hall–Kier alpha value is -2.19. The van der Waals surface area contributed by atoms with E-state index in [1.54, 1.807) is 23.3 Å². The molecule has 1 aromatic heterocycles. The molecule has 0 fully saturated rings. The Bertz CT molecular complexity index is 1170. The molecule has 0 radical (unpaired) electrons. The summed E-state index contributed by atoms with van der Waals surface area (Å²) in [4.78, 5) is 87.2. The molecule has 1 N–H and O–H groups in total. The number of imidazole rings is 1. The minimum Gasteiger partial charge on any atom is -0.550 e. The molecular formula is C39H67KN2O10. The van der Waals surface area contributed by atoms with Gasteiger partial charge in [-0.15, -0.1) is 0 Å². The molecule has 13 heteroatoms. The van der Waals surface area contributed by atoms with Gasteiger partial charge in [-0.2, -0.15) is 0 Å². The first-order chi connectivity index (χ1) is 23.1. The molecule has 0 aromatic carbocycles. The van der Waals surface area contributed by atoms with Crippen LogP contribution in [0.1, 0.15) is 172 Å². The summed E-state index contributed by atoms with van der Waals surface area (Å²) in [6.45, 7) is 24.2. The molecule has 0 unspecified atom stereocenters. The average Bonchev–Trinajstić information content (AvgIpc) is 3.42. The van der Waals surface area contributed by atoms with Gasteiger partial charge in [-0.3, -0.25) is 38.1 Å². The van der Waals surface area contributed by atoms with Crippen molar-refractivity contribution in [2.24, 2.45) is 16.2 Å². The van der Waals surface area contributed by atoms with Gasteiger partial charge in [0.1, 0.15) is 35.2 Å². The Morgan fingerprint density at radius 2 is 0.981 bits per heavy atom. The molecule has 0 aliphatic rings. The third kappa shape index (κ3) is 45.8. The van der Waals surface area contributed by atoms with Crippen LogP contribution in [0, 0.1) is 16.2 Å². The van der Waals surface area contributed by atoms with Crippen LogP contribution in [-0.2, 0) is 33.6 Å². The minimum atomic E-state index is -1.31. The van der Waals surface area contributed by atoms with Crippen molar-refractivity contribution in [1.29, 1.82) is 0 Å². The smallest absolute Gasteiger partial charge is 0.550 e. The van der Waals surface area contributed by atoms with E-state index in [-0.39, 0.29) is 122 Å². The van der Waals surface area contributed by atoms with Gasteiger partial charge in [0.05, 0.1) is 19.3 Å². The quantitative estimate of drug-likeness (QED) is 0.167. The van der Waals surface area contributed by atoms with Crippen LogP contribution in [-0.4, -0.2) is 61.4 Å². The fourth-order valence-corrected chi connectivity index (χ4v) is 5.04. The number of aromatic nitrogens is 2. The molecule has 0 aliphatic heterocycles. The molecule has 294 valence electrons. The predicted octanol–water partition coefficient (Wildman–Crippen LogP) is 4.05. The summed E-state index contributed by atoms with van der Waals surface area (Å²) in [6.07, 6.45) is 12.3. The van der Waals surface area contributed by atoms with Crippen molar-refractivity contribution in [2.45, 2.75) is 167 Å². The standard InChI is InChI=1S/C11H18N2O.C11H20O2.C8H16O2.C5H8O2.C4H6O3.K/c1-4-5-11(2,3)8-10(14)13-7-6-12-9-13;1-5-6-11(3,4)8-10(13)7-9(2)12;1-4-5-8(2,3)6-7(9)10;1-4(6)3-5(2)7;1-3(5)2-4(6)7;/h6-7,9H,4-5,8H2,1-3H3;5-8H2,1-4H3;4-6H2,1-3H3,(H,9,10);3H2,1-2H3;2H2,1H3,(H,6,7);/q;;;;;+1/p-1. The maximum atomic E-state index is 11.7. The summed E-state index contributed by atoms with van der Waals surface area (Å²) < 4.78 is 1.55. The van der Waals surface area contributed by atoms with Crippen LogP contribution >= 0.6 is 0 Å². The molecule has 0 spiro atoms. The maximum Gasteiger partial charge on any atom is 1.00 e. The van der Waals surface area contributed by atoms with Crippen LogP contribution in [0.4, 0.5) is 0 Å². The first-order valence-corrected chi connectivity index (χ1v) is 17.6. The Balaban J connectivity index is -0.000000181. The Labute approximate surface area is 355 Å². The van der Waals surface area contributed by atoms with Crippen LogP contribution in [0.5, 0.6) is 0 Å². The van der Waals surface area contributed by atoms with Crippen molar-refractivity contribution in [3.05, 3.63) is 18.7 Å². The number of carboxylic acids is 2. The van der Waals surface area contributed by atoms with E-state index >= 15 is 0 Å². The summed E-state index contributed by atoms with van der Waals surface area (Å²) in [5.74, 6) is -2.34. The van der Waals surface area contributed by atoms with E-state index in [1.807, 2.05) is 13.8 Å². The van der Waals surface area contributed by atoms with Crippen molar-refractivity contribution in [2.75, 3.05) is 0 Å². The Kier molecular flexibility index (Phi) is 36.7. The molecule has 0 amide bonds. The molecule has 0 bridgehead atoms. The summed E-state index contributed by atoms with van der Waals surface area (Å²) in [5.41, 5.74) is 0.123. The van der Waals surface area contributed by atoms with Gasteiger partial charge in [0.15, 0.2) is 0 Å². The molecule has 0 atom stereocenters. The molecule has 52 heavy (non-hydrogen) atoms. The zero-order chi connectivity index (χ0) is 41.0. The van der Waals surface area contributed by atoms with Gasteiger partial charge >= 0.3 is 57.4 Å². The van der Waals surface area contributed by atoms with Gasteiger partial charge in [-0.25, -0.2) is 4.98 Å². The first-order valence-electron chi connectivity index (χ1n) is 17.6. The number of nitrogens with zero attached hydrogens (tertiary/aromatic N) is 2. The molecule has 1 heterocycles. The van der Waals surface area contributed by atoms with E-state index in [4.69, 9.17) is 5.11 Å². The van der Waals surface area contributed by atoms with E-state index in [0.29, 0.717) is 12.8 Å². The van der Waals surface area contributed by atoms with E-state index in [2.05, 4.69) is 53.5 Å². The fourth-order valence-electron chi connectivity index (χ4n) is 5.04. The van der Waals surface area contributed by atoms with Crippen molar-refractivity contribution in [1.82, 2.24) is 9.55 Å². The normalized spacial score (nSPS) is 10.4. The second-order valence-electron chi connectivity index (χ2n) is 15.3. The number of carbonyl (C=O) groups excluding carboxylic acids is 7. The fraction of sp³-hybridized carbons (Fsp3) is 0.718. The van der Waals surface area contributed by atoms with E-state index in [0.717, 1.165) is 38.5 Å². The summed E-state index contributed by atoms with van der Waals surface area (Å²) >= 11 is 0. The van der Waals surface area contributed by atoms with Crippen LogP contribution < -0.4 is 56.5 Å². The van der Waals surface area contributed by atoms with Crippen LogP contribution in [0.2, 0.25) is 0 Å². The second-order valence-corrected chi connectivity index (χ2v) is 15.3. The second kappa shape index (κ2) is 32.3. The first kappa shape index (κ1) is 59.1. The predicted molar refractivity (Wildman–Crippen MR) is 197 cm³/mol. The summed E-state index contributed by atoms with van der Waals surface area (Å²) in [7, 11) is 0. The molecule has 1 rings (SSSR count). The van der Waals surface area contributed by atoms with Crippen molar-refractivity contribution >= 4 is 46.8 Å². The SMILES string of the molecule is CC(=O)CC(=O)[O-].CC(=O)CC(C)=O.CCCC(C)(C)CC(=O)CC(C)=O.CCCC(C)(C)CC(=O)O.CCCC(C)(C)CC(=O)n1ccnc1.[K+]. The van der Waals surface area contributed by atoms with Gasteiger partial charge in [0.25, 0.3) is 0 Å². The van der Waals surface area contributed by atoms with E-state index < -0.39 is 18.4 Å². The minimum absolute atomic E-state index is 0. The molecule has 12 nitrogen and oxygen atoms in total. The van der Waals surface area contributed by atoms with E-state index in [9.17, 15) is 43.5 Å². The maximum absolute atomic E-state index is 11.7. The van der Waals surface area contributed by atoms with Gasteiger partial charge in [-0.05, 0) is 63.2 Å². The number of Topliss-reactive ketones (excluding diaryl/α,β-unsaturated/α-hetero) is 5. The summed E-state index contributed by atoms with van der Waals surface area (Å²) in [5, 5.41) is 18.0. The third-order valence-corrected chi connectivity index (χ3v) is 6.85. The van der Waals surface area contributed by atoms with Gasteiger partial charge in [0, 0.05) is 37.6 Å². The Morgan fingerprint density at radius 1 is 0.615 bits per heavy atom. The topological polar surface area (TPSA) is 198 Å². The molecule has 0 aliphatic carbocycles. The molecule has 0 saturated heterocycles. The summed E-state index contributed by atoms with van der Waals surface area (Å²) in [6, 6.07) is 0. The van der Waals surface area contributed by atoms with Crippen LogP contribution in [0.3, 0.4) is 0 Å². The zero-order valence-corrected chi connectivity index (χ0v) is 37.9. The number of rotatable bonds is 18.